The Morgan fingerprint density at radius 1 is 1.28 bits per heavy atom. The highest BCUT2D eigenvalue weighted by Gasteiger charge is 2.44. The molecule has 0 aromatic carbocycles. The monoisotopic (exact) mass is 241 g/mol. The fourth-order valence-corrected chi connectivity index (χ4v) is 3.70. The number of fused-ring (bicyclic) bond motifs is 2. The topological polar surface area (TPSA) is 12.0 Å². The molecule has 2 aliphatic carbocycles. The van der Waals surface area contributed by atoms with Crippen molar-refractivity contribution in [3.8, 4) is 0 Å². The van der Waals surface area contributed by atoms with Gasteiger partial charge in [0.2, 0.25) is 0 Å². The Kier molecular flexibility index (Phi) is 2.55. The molecule has 0 radical (unpaired) electrons. The lowest BCUT2D eigenvalue weighted by molar-refractivity contribution is 0.240. The van der Waals surface area contributed by atoms with E-state index >= 15 is 0 Å². The summed E-state index contributed by atoms with van der Waals surface area (Å²) in [5.74, 6) is 0.573. The van der Waals surface area contributed by atoms with Gasteiger partial charge in [0.1, 0.15) is 0 Å². The molecular weight excluding hydrogens is 218 g/mol. The van der Waals surface area contributed by atoms with Gasteiger partial charge >= 0.3 is 0 Å². The van der Waals surface area contributed by atoms with E-state index in [4.69, 9.17) is 0 Å². The van der Waals surface area contributed by atoms with Crippen molar-refractivity contribution in [2.75, 3.05) is 0 Å². The molecule has 0 amide bonds. The number of hydrogen-bond donors (Lipinski definition) is 1. The summed E-state index contributed by atoms with van der Waals surface area (Å²) in [5.41, 5.74) is 6.18. The van der Waals surface area contributed by atoms with Crippen LogP contribution >= 0.6 is 0 Å². The van der Waals surface area contributed by atoms with E-state index in [1.807, 2.05) is 0 Å². The molecule has 2 atom stereocenters. The third kappa shape index (κ3) is 1.53. The van der Waals surface area contributed by atoms with E-state index in [1.54, 1.807) is 0 Å². The molecule has 0 spiro atoms. The van der Waals surface area contributed by atoms with Crippen LogP contribution in [0, 0.1) is 11.3 Å². The lowest BCUT2D eigenvalue weighted by Crippen LogP contribution is -2.51. The summed E-state index contributed by atoms with van der Waals surface area (Å²) in [4.78, 5) is 0. The van der Waals surface area contributed by atoms with Gasteiger partial charge in [0.05, 0.1) is 6.04 Å². The summed E-state index contributed by atoms with van der Waals surface area (Å²) in [6.07, 6.45) is 11.7. The van der Waals surface area contributed by atoms with Crippen molar-refractivity contribution in [2.24, 2.45) is 11.3 Å². The second-order valence-electron chi connectivity index (χ2n) is 6.48. The molecule has 0 bridgehead atoms. The molecule has 0 aromatic heterocycles. The lowest BCUT2D eigenvalue weighted by atomic mass is 9.62. The molecular formula is C17H23N. The standard InChI is InChI=1S/C17H23N/c1-11-7-5-9-13-15(11)18-16-12(2)8-6-10-14(16)17(13,3)4/h5,7,9-10,13,15,18H,6,8H2,1-4H3. The van der Waals surface area contributed by atoms with Crippen LogP contribution in [0.25, 0.3) is 0 Å². The van der Waals surface area contributed by atoms with Gasteiger partial charge in [-0.3, -0.25) is 0 Å². The molecule has 3 aliphatic rings. The molecule has 1 aliphatic heterocycles. The van der Waals surface area contributed by atoms with Gasteiger partial charge in [-0.1, -0.05) is 43.7 Å². The van der Waals surface area contributed by atoms with Crippen LogP contribution in [-0.2, 0) is 0 Å². The predicted octanol–water partition coefficient (Wildman–Crippen LogP) is 4.11. The fourth-order valence-electron chi connectivity index (χ4n) is 3.70. The number of allylic oxidation sites excluding steroid dienone is 5. The number of hydrogen-bond acceptors (Lipinski definition) is 1. The molecule has 1 saturated heterocycles. The highest BCUT2D eigenvalue weighted by atomic mass is 15.0. The van der Waals surface area contributed by atoms with Gasteiger partial charge in [-0.2, -0.15) is 0 Å². The van der Waals surface area contributed by atoms with Crippen molar-refractivity contribution < 1.29 is 0 Å². The van der Waals surface area contributed by atoms with Crippen molar-refractivity contribution in [3.63, 3.8) is 0 Å². The van der Waals surface area contributed by atoms with Gasteiger partial charge in [0.25, 0.3) is 0 Å². The molecule has 1 heteroatoms. The van der Waals surface area contributed by atoms with Crippen LogP contribution in [0.2, 0.25) is 0 Å². The molecule has 3 rings (SSSR count). The molecule has 18 heavy (non-hydrogen) atoms. The molecule has 1 heterocycles. The second kappa shape index (κ2) is 3.88. The summed E-state index contributed by atoms with van der Waals surface area (Å²) in [7, 11) is 0. The van der Waals surface area contributed by atoms with Crippen LogP contribution in [0.3, 0.4) is 0 Å². The molecule has 2 unspecified atom stereocenters. The van der Waals surface area contributed by atoms with Gasteiger partial charge in [0.15, 0.2) is 0 Å². The third-order valence-electron chi connectivity index (χ3n) is 4.92. The minimum absolute atomic E-state index is 0.235. The van der Waals surface area contributed by atoms with Gasteiger partial charge in [0, 0.05) is 11.6 Å². The quantitative estimate of drug-likeness (QED) is 0.673. The predicted molar refractivity (Wildman–Crippen MR) is 77.1 cm³/mol. The molecule has 0 saturated carbocycles. The minimum atomic E-state index is 0.235. The van der Waals surface area contributed by atoms with E-state index < -0.39 is 0 Å². The normalized spacial score (nSPS) is 33.1. The Morgan fingerprint density at radius 3 is 2.83 bits per heavy atom. The van der Waals surface area contributed by atoms with E-state index in [1.165, 1.54) is 35.3 Å². The summed E-state index contributed by atoms with van der Waals surface area (Å²) in [6.45, 7) is 9.33. The maximum absolute atomic E-state index is 3.80. The van der Waals surface area contributed by atoms with E-state index in [0.29, 0.717) is 12.0 Å². The molecule has 96 valence electrons. The van der Waals surface area contributed by atoms with Crippen LogP contribution in [-0.4, -0.2) is 6.04 Å². The average Bonchev–Trinajstić information content (AvgIpc) is 2.32. The molecule has 1 nitrogen and oxygen atoms in total. The average molecular weight is 241 g/mol. The summed E-state index contributed by atoms with van der Waals surface area (Å²) >= 11 is 0. The summed E-state index contributed by atoms with van der Waals surface area (Å²) in [5, 5.41) is 3.80. The first-order chi connectivity index (χ1) is 8.51. The van der Waals surface area contributed by atoms with Crippen LogP contribution in [0.15, 0.2) is 46.7 Å². The summed E-state index contributed by atoms with van der Waals surface area (Å²) < 4.78 is 0. The zero-order valence-corrected chi connectivity index (χ0v) is 11.9. The Hall–Kier alpha value is -1.24. The minimum Gasteiger partial charge on any atom is -0.378 e. The van der Waals surface area contributed by atoms with Crippen molar-refractivity contribution >= 4 is 0 Å². The maximum Gasteiger partial charge on any atom is 0.0545 e. The zero-order valence-electron chi connectivity index (χ0n) is 11.9. The maximum atomic E-state index is 3.80. The van der Waals surface area contributed by atoms with Gasteiger partial charge < -0.3 is 5.32 Å². The summed E-state index contributed by atoms with van der Waals surface area (Å²) in [6, 6.07) is 0.477. The first-order valence-corrected chi connectivity index (χ1v) is 7.04. The molecule has 1 N–H and O–H groups in total. The zero-order chi connectivity index (χ0) is 12.9. The van der Waals surface area contributed by atoms with E-state index in [0.717, 1.165) is 0 Å². The Bertz CT molecular complexity index is 500. The highest BCUT2D eigenvalue weighted by molar-refractivity contribution is 5.47. The Labute approximate surface area is 110 Å². The smallest absolute Gasteiger partial charge is 0.0545 e. The van der Waals surface area contributed by atoms with Crippen molar-refractivity contribution in [2.45, 2.75) is 46.6 Å². The molecule has 0 aromatic rings. The van der Waals surface area contributed by atoms with Gasteiger partial charge in [-0.15, -0.1) is 0 Å². The van der Waals surface area contributed by atoms with Gasteiger partial charge in [-0.25, -0.2) is 0 Å². The number of nitrogens with one attached hydrogen (secondary N) is 1. The van der Waals surface area contributed by atoms with E-state index in [9.17, 15) is 0 Å². The second-order valence-corrected chi connectivity index (χ2v) is 6.48. The van der Waals surface area contributed by atoms with E-state index in [2.05, 4.69) is 57.3 Å². The first-order valence-electron chi connectivity index (χ1n) is 7.04. The van der Waals surface area contributed by atoms with Gasteiger partial charge in [-0.05, 0) is 43.3 Å². The van der Waals surface area contributed by atoms with Crippen LogP contribution in [0.1, 0.15) is 40.5 Å². The fraction of sp³-hybridized carbons (Fsp3) is 0.529. The van der Waals surface area contributed by atoms with E-state index in [-0.39, 0.29) is 5.41 Å². The van der Waals surface area contributed by atoms with Crippen molar-refractivity contribution in [1.82, 2.24) is 5.32 Å². The third-order valence-corrected chi connectivity index (χ3v) is 4.92. The first kappa shape index (κ1) is 11.8. The SMILES string of the molecule is CC1=CC=CC2C1NC1=C(C)CCC=C1C2(C)C. The Morgan fingerprint density at radius 2 is 2.06 bits per heavy atom. The van der Waals surface area contributed by atoms with Crippen LogP contribution in [0.5, 0.6) is 0 Å². The van der Waals surface area contributed by atoms with Crippen molar-refractivity contribution in [1.29, 1.82) is 0 Å². The number of piperidine rings is 1. The Balaban J connectivity index is 2.11. The lowest BCUT2D eigenvalue weighted by Gasteiger charge is -2.49. The highest BCUT2D eigenvalue weighted by Crippen LogP contribution is 2.49. The van der Waals surface area contributed by atoms with Crippen molar-refractivity contribution in [3.05, 3.63) is 46.7 Å². The molecule has 1 fully saturated rings. The van der Waals surface area contributed by atoms with Crippen LogP contribution < -0.4 is 5.32 Å². The number of rotatable bonds is 0. The largest absolute Gasteiger partial charge is 0.378 e. The van der Waals surface area contributed by atoms with Crippen LogP contribution in [0.4, 0.5) is 0 Å².